The first-order valence-electron chi connectivity index (χ1n) is 17.2. The van der Waals surface area contributed by atoms with Crippen LogP contribution in [0.25, 0.3) is 0 Å². The predicted molar refractivity (Wildman–Crippen MR) is 183 cm³/mol. The van der Waals surface area contributed by atoms with E-state index >= 15 is 0 Å². The minimum Gasteiger partial charge on any atom is -0.463 e. The summed E-state index contributed by atoms with van der Waals surface area (Å²) < 4.78 is 54.3. The van der Waals surface area contributed by atoms with E-state index in [1.807, 2.05) is 91.0 Å². The minimum absolute atomic E-state index is 0.0136. The highest BCUT2D eigenvalue weighted by Crippen LogP contribution is 2.34. The molecule has 0 aromatic heterocycles. The highest BCUT2D eigenvalue weighted by Gasteiger charge is 2.51. The van der Waals surface area contributed by atoms with Crippen LogP contribution >= 0.6 is 0 Å². The Balaban J connectivity index is 1.45. The Labute approximate surface area is 302 Å². The molecular formula is C39H46O13. The van der Waals surface area contributed by atoms with Crippen LogP contribution in [0, 0.1) is 0 Å². The van der Waals surface area contributed by atoms with Crippen LogP contribution in [0.5, 0.6) is 0 Å². The lowest BCUT2D eigenvalue weighted by molar-refractivity contribution is -0.349. The summed E-state index contributed by atoms with van der Waals surface area (Å²) in [6.07, 6.45) is -9.63. The van der Waals surface area contributed by atoms with Gasteiger partial charge in [-0.25, -0.2) is 0 Å². The molecule has 280 valence electrons. The van der Waals surface area contributed by atoms with Crippen LogP contribution in [0.2, 0.25) is 0 Å². The molecule has 9 unspecified atom stereocenters. The zero-order valence-electron chi connectivity index (χ0n) is 29.4. The van der Waals surface area contributed by atoms with Crippen LogP contribution in [-0.2, 0) is 76.8 Å². The summed E-state index contributed by atoms with van der Waals surface area (Å²) in [4.78, 5) is 36.1. The Kier molecular flexibility index (Phi) is 14.7. The van der Waals surface area contributed by atoms with E-state index < -0.39 is 73.2 Å². The molecule has 9 atom stereocenters. The first-order valence-corrected chi connectivity index (χ1v) is 17.2. The van der Waals surface area contributed by atoms with Crippen molar-refractivity contribution in [2.24, 2.45) is 0 Å². The van der Waals surface area contributed by atoms with E-state index in [1.54, 1.807) is 0 Å². The zero-order chi connectivity index (χ0) is 36.9. The van der Waals surface area contributed by atoms with Gasteiger partial charge in [0, 0.05) is 27.2 Å². The van der Waals surface area contributed by atoms with Gasteiger partial charge in [0.1, 0.15) is 43.2 Å². The highest BCUT2D eigenvalue weighted by atomic mass is 16.7. The summed E-state index contributed by atoms with van der Waals surface area (Å²) >= 11 is 0. The van der Waals surface area contributed by atoms with Gasteiger partial charge in [-0.05, 0) is 16.7 Å². The van der Waals surface area contributed by atoms with Gasteiger partial charge in [0.25, 0.3) is 0 Å². The van der Waals surface area contributed by atoms with E-state index in [-0.39, 0.29) is 39.5 Å². The number of aliphatic hydroxyl groups is 1. The van der Waals surface area contributed by atoms with Crippen molar-refractivity contribution in [3.05, 3.63) is 108 Å². The normalized spacial score (nSPS) is 27.3. The van der Waals surface area contributed by atoms with E-state index in [9.17, 15) is 19.5 Å². The van der Waals surface area contributed by atoms with Crippen LogP contribution in [0.15, 0.2) is 91.0 Å². The fourth-order valence-corrected chi connectivity index (χ4v) is 6.12. The molecule has 0 aliphatic carbocycles. The number of esters is 3. The van der Waals surface area contributed by atoms with Crippen LogP contribution < -0.4 is 0 Å². The molecule has 0 saturated carbocycles. The third-order valence-corrected chi connectivity index (χ3v) is 8.44. The molecule has 2 heterocycles. The lowest BCUT2D eigenvalue weighted by Gasteiger charge is -2.47. The molecule has 0 amide bonds. The van der Waals surface area contributed by atoms with Crippen LogP contribution in [0.4, 0.5) is 0 Å². The smallest absolute Gasteiger partial charge is 0.303 e. The Morgan fingerprint density at radius 3 is 1.67 bits per heavy atom. The third kappa shape index (κ3) is 11.7. The molecule has 52 heavy (non-hydrogen) atoms. The number of carbonyl (C=O) groups excluding carboxylic acids is 3. The summed E-state index contributed by atoms with van der Waals surface area (Å²) in [5.41, 5.74) is 2.67. The first-order chi connectivity index (χ1) is 25.2. The number of aliphatic hydroxyl groups excluding tert-OH is 1. The van der Waals surface area contributed by atoms with Crippen molar-refractivity contribution >= 4 is 17.9 Å². The lowest BCUT2D eigenvalue weighted by Crippen LogP contribution is -2.63. The SMILES string of the molecule is CC(=O)OCC1OC(OC2C(COCc3ccccc3)OC(O)C(OCc3ccccc3)C2OCc2ccccc2)CC(OC(C)=O)C1OC(C)=O. The monoisotopic (exact) mass is 722 g/mol. The minimum atomic E-state index is -1.43. The highest BCUT2D eigenvalue weighted by molar-refractivity contribution is 5.67. The maximum Gasteiger partial charge on any atom is 0.303 e. The maximum absolute atomic E-state index is 12.2. The first kappa shape index (κ1) is 39.0. The van der Waals surface area contributed by atoms with Gasteiger partial charge in [0.15, 0.2) is 18.7 Å². The van der Waals surface area contributed by atoms with E-state index in [4.69, 9.17) is 42.6 Å². The Morgan fingerprint density at radius 1 is 0.615 bits per heavy atom. The molecule has 0 spiro atoms. The molecule has 3 aromatic rings. The van der Waals surface area contributed by atoms with E-state index in [0.717, 1.165) is 16.7 Å². The lowest BCUT2D eigenvalue weighted by atomic mass is 9.97. The number of ether oxygens (including phenoxy) is 9. The van der Waals surface area contributed by atoms with Crippen LogP contribution in [0.3, 0.4) is 0 Å². The van der Waals surface area contributed by atoms with E-state index in [1.165, 1.54) is 20.8 Å². The molecule has 1 N–H and O–H groups in total. The average Bonchev–Trinajstić information content (AvgIpc) is 3.12. The van der Waals surface area contributed by atoms with Crippen molar-refractivity contribution in [3.63, 3.8) is 0 Å². The van der Waals surface area contributed by atoms with Crippen molar-refractivity contribution in [2.75, 3.05) is 13.2 Å². The van der Waals surface area contributed by atoms with Gasteiger partial charge in [-0.15, -0.1) is 0 Å². The van der Waals surface area contributed by atoms with Gasteiger partial charge >= 0.3 is 17.9 Å². The quantitative estimate of drug-likeness (QED) is 0.167. The Morgan fingerprint density at radius 2 is 1.13 bits per heavy atom. The molecule has 2 fully saturated rings. The van der Waals surface area contributed by atoms with Crippen LogP contribution in [-0.4, -0.2) is 91.5 Å². The fraction of sp³-hybridized carbons (Fsp3) is 0.462. The van der Waals surface area contributed by atoms with E-state index in [0.29, 0.717) is 0 Å². The fourth-order valence-electron chi connectivity index (χ4n) is 6.12. The molecule has 13 heteroatoms. The predicted octanol–water partition coefficient (Wildman–Crippen LogP) is 4.02. The standard InChI is InChI=1S/C39H46O13/c1-25(40)45-24-33-35(49-27(3)42)31(48-26(2)41)19-34(50-33)52-36-32(23-44-20-28-13-7-4-8-14-28)51-39(43)38(47-22-30-17-11-6-12-18-30)37(36)46-21-29-15-9-5-10-16-29/h4-18,31-39,43H,19-24H2,1-3H3. The second kappa shape index (κ2) is 19.6. The van der Waals surface area contributed by atoms with Crippen molar-refractivity contribution in [1.82, 2.24) is 0 Å². The molecular weight excluding hydrogens is 676 g/mol. The number of hydrogen-bond acceptors (Lipinski definition) is 13. The summed E-state index contributed by atoms with van der Waals surface area (Å²) in [6, 6.07) is 28.5. The van der Waals surface area contributed by atoms with Crippen molar-refractivity contribution < 1.29 is 62.1 Å². The zero-order valence-corrected chi connectivity index (χ0v) is 29.4. The molecule has 2 aliphatic rings. The maximum atomic E-state index is 12.2. The molecule has 13 nitrogen and oxygen atoms in total. The molecule has 0 bridgehead atoms. The summed E-state index contributed by atoms with van der Waals surface area (Å²) in [6.45, 7) is 3.90. The van der Waals surface area contributed by atoms with Gasteiger partial charge < -0.3 is 47.7 Å². The second-order valence-electron chi connectivity index (χ2n) is 12.6. The summed E-state index contributed by atoms with van der Waals surface area (Å²) in [5.74, 6) is -1.85. The molecule has 0 radical (unpaired) electrons. The second-order valence-corrected chi connectivity index (χ2v) is 12.6. The van der Waals surface area contributed by atoms with E-state index in [2.05, 4.69) is 0 Å². The van der Waals surface area contributed by atoms with Crippen LogP contribution in [0.1, 0.15) is 43.9 Å². The number of hydrogen-bond donors (Lipinski definition) is 1. The van der Waals surface area contributed by atoms with Gasteiger partial charge in [-0.2, -0.15) is 0 Å². The summed E-state index contributed by atoms with van der Waals surface area (Å²) in [7, 11) is 0. The third-order valence-electron chi connectivity index (χ3n) is 8.44. The average molecular weight is 723 g/mol. The number of carbonyl (C=O) groups is 3. The Bertz CT molecular complexity index is 1540. The molecule has 2 aliphatic heterocycles. The van der Waals surface area contributed by atoms with Crippen molar-refractivity contribution in [3.8, 4) is 0 Å². The molecule has 2 saturated heterocycles. The van der Waals surface area contributed by atoms with Gasteiger partial charge in [-0.1, -0.05) is 91.0 Å². The number of benzene rings is 3. The van der Waals surface area contributed by atoms with Gasteiger partial charge in [0.05, 0.1) is 26.4 Å². The summed E-state index contributed by atoms with van der Waals surface area (Å²) in [5, 5.41) is 11.4. The molecule has 5 rings (SSSR count). The van der Waals surface area contributed by atoms with Crippen molar-refractivity contribution in [2.45, 2.75) is 102 Å². The van der Waals surface area contributed by atoms with Gasteiger partial charge in [0.2, 0.25) is 0 Å². The van der Waals surface area contributed by atoms with Gasteiger partial charge in [-0.3, -0.25) is 14.4 Å². The molecule has 3 aromatic carbocycles. The largest absolute Gasteiger partial charge is 0.463 e. The Hall–Kier alpha value is -4.21. The topological polar surface area (TPSA) is 155 Å². The van der Waals surface area contributed by atoms with Crippen molar-refractivity contribution in [1.29, 1.82) is 0 Å². The number of rotatable bonds is 16.